The first-order valence-corrected chi connectivity index (χ1v) is 10.6. The van der Waals surface area contributed by atoms with Crippen LogP contribution in [-0.2, 0) is 9.47 Å². The van der Waals surface area contributed by atoms with E-state index in [1.165, 1.54) is 32.5 Å². The number of hydrogen-bond acceptors (Lipinski definition) is 4. The largest absolute Gasteiger partial charge is 0.381 e. The SMILES string of the molecule is CCNC(=NCCCOC1CCOCC1)NC1CCN(CC(C)C)CC1. The van der Waals surface area contributed by atoms with Gasteiger partial charge in [0.05, 0.1) is 6.10 Å². The predicted molar refractivity (Wildman–Crippen MR) is 108 cm³/mol. The van der Waals surface area contributed by atoms with Crippen LogP contribution in [-0.4, -0.2) is 75.5 Å². The fourth-order valence-corrected chi connectivity index (χ4v) is 3.64. The number of nitrogens with zero attached hydrogens (tertiary/aromatic N) is 2. The second-order valence-electron chi connectivity index (χ2n) is 7.91. The van der Waals surface area contributed by atoms with Crippen LogP contribution in [0.4, 0.5) is 0 Å². The van der Waals surface area contributed by atoms with E-state index in [1.54, 1.807) is 0 Å². The van der Waals surface area contributed by atoms with Gasteiger partial charge in [-0.2, -0.15) is 0 Å². The zero-order valence-electron chi connectivity index (χ0n) is 17.1. The molecular weight excluding hydrogens is 328 g/mol. The second-order valence-corrected chi connectivity index (χ2v) is 7.91. The summed E-state index contributed by atoms with van der Waals surface area (Å²) in [4.78, 5) is 7.32. The van der Waals surface area contributed by atoms with Crippen molar-refractivity contribution in [2.24, 2.45) is 10.9 Å². The summed E-state index contributed by atoms with van der Waals surface area (Å²) < 4.78 is 11.3. The maximum Gasteiger partial charge on any atom is 0.191 e. The lowest BCUT2D eigenvalue weighted by atomic mass is 10.0. The van der Waals surface area contributed by atoms with E-state index in [0.717, 1.165) is 64.1 Å². The van der Waals surface area contributed by atoms with E-state index in [1.807, 2.05) is 0 Å². The number of ether oxygens (including phenoxy) is 2. The minimum absolute atomic E-state index is 0.384. The molecule has 2 rings (SSSR count). The third-order valence-electron chi connectivity index (χ3n) is 4.99. The van der Waals surface area contributed by atoms with Gasteiger partial charge < -0.3 is 25.0 Å². The van der Waals surface area contributed by atoms with Gasteiger partial charge in [-0.1, -0.05) is 13.8 Å². The summed E-state index contributed by atoms with van der Waals surface area (Å²) >= 11 is 0. The van der Waals surface area contributed by atoms with Gasteiger partial charge >= 0.3 is 0 Å². The topological polar surface area (TPSA) is 58.1 Å². The molecule has 0 spiro atoms. The first-order chi connectivity index (χ1) is 12.7. The molecule has 2 saturated heterocycles. The van der Waals surface area contributed by atoms with Crippen molar-refractivity contribution in [2.75, 3.05) is 52.5 Å². The Labute approximate surface area is 160 Å². The van der Waals surface area contributed by atoms with Crippen LogP contribution in [0.25, 0.3) is 0 Å². The lowest BCUT2D eigenvalue weighted by molar-refractivity contribution is -0.0318. The third kappa shape index (κ3) is 8.69. The maximum absolute atomic E-state index is 5.92. The number of hydrogen-bond donors (Lipinski definition) is 2. The molecule has 26 heavy (non-hydrogen) atoms. The van der Waals surface area contributed by atoms with Crippen LogP contribution in [0, 0.1) is 5.92 Å². The second kappa shape index (κ2) is 12.5. The Morgan fingerprint density at radius 3 is 2.58 bits per heavy atom. The normalized spacial score (nSPS) is 21.3. The number of aliphatic imine (C=N–C) groups is 1. The molecule has 2 fully saturated rings. The molecule has 152 valence electrons. The zero-order chi connectivity index (χ0) is 18.6. The van der Waals surface area contributed by atoms with Gasteiger partial charge in [0.25, 0.3) is 0 Å². The van der Waals surface area contributed by atoms with E-state index in [4.69, 9.17) is 14.5 Å². The zero-order valence-corrected chi connectivity index (χ0v) is 17.1. The average molecular weight is 369 g/mol. The van der Waals surface area contributed by atoms with E-state index in [9.17, 15) is 0 Å². The molecule has 0 aromatic carbocycles. The van der Waals surface area contributed by atoms with Crippen LogP contribution in [0.1, 0.15) is 52.9 Å². The molecule has 0 atom stereocenters. The highest BCUT2D eigenvalue weighted by Gasteiger charge is 2.20. The van der Waals surface area contributed by atoms with Crippen molar-refractivity contribution in [3.63, 3.8) is 0 Å². The van der Waals surface area contributed by atoms with Gasteiger partial charge in [0, 0.05) is 58.6 Å². The van der Waals surface area contributed by atoms with Gasteiger partial charge in [0.1, 0.15) is 0 Å². The highest BCUT2D eigenvalue weighted by molar-refractivity contribution is 5.80. The fraction of sp³-hybridized carbons (Fsp3) is 0.950. The van der Waals surface area contributed by atoms with Crippen LogP contribution in [0.3, 0.4) is 0 Å². The highest BCUT2D eigenvalue weighted by Crippen LogP contribution is 2.12. The summed E-state index contributed by atoms with van der Waals surface area (Å²) in [5.74, 6) is 1.71. The van der Waals surface area contributed by atoms with E-state index in [0.29, 0.717) is 12.1 Å². The third-order valence-corrected chi connectivity index (χ3v) is 4.99. The summed E-state index contributed by atoms with van der Waals surface area (Å²) in [6.45, 7) is 14.5. The van der Waals surface area contributed by atoms with Gasteiger partial charge in [-0.15, -0.1) is 0 Å². The standard InChI is InChI=1S/C20H40N4O2/c1-4-21-20(22-10-5-13-26-19-8-14-25-15-9-19)23-18-6-11-24(12-7-18)16-17(2)3/h17-19H,4-16H2,1-3H3,(H2,21,22,23). The van der Waals surface area contributed by atoms with Crippen molar-refractivity contribution in [3.05, 3.63) is 0 Å². The van der Waals surface area contributed by atoms with Gasteiger partial charge in [-0.25, -0.2) is 0 Å². The first-order valence-electron chi connectivity index (χ1n) is 10.6. The molecule has 0 aromatic heterocycles. The van der Waals surface area contributed by atoms with Gasteiger partial charge in [0.15, 0.2) is 5.96 Å². The number of nitrogens with one attached hydrogen (secondary N) is 2. The van der Waals surface area contributed by atoms with Crippen LogP contribution < -0.4 is 10.6 Å². The van der Waals surface area contributed by atoms with Crippen LogP contribution in [0.2, 0.25) is 0 Å². The lowest BCUT2D eigenvalue weighted by Crippen LogP contribution is -2.49. The monoisotopic (exact) mass is 368 g/mol. The summed E-state index contributed by atoms with van der Waals surface area (Å²) in [7, 11) is 0. The van der Waals surface area contributed by atoms with E-state index in [2.05, 4.69) is 36.3 Å². The minimum Gasteiger partial charge on any atom is -0.381 e. The summed E-state index contributed by atoms with van der Waals surface area (Å²) in [6, 6.07) is 0.537. The van der Waals surface area contributed by atoms with Crippen LogP contribution in [0.15, 0.2) is 4.99 Å². The molecule has 6 heteroatoms. The molecule has 2 N–H and O–H groups in total. The Balaban J connectivity index is 1.63. The number of guanidine groups is 1. The lowest BCUT2D eigenvalue weighted by Gasteiger charge is -2.34. The van der Waals surface area contributed by atoms with Crippen molar-refractivity contribution in [2.45, 2.75) is 65.0 Å². The molecular formula is C20H40N4O2. The molecule has 0 saturated carbocycles. The molecule has 2 aliphatic rings. The Morgan fingerprint density at radius 2 is 1.92 bits per heavy atom. The number of likely N-dealkylation sites (tertiary alicyclic amines) is 1. The van der Waals surface area contributed by atoms with Gasteiger partial charge in [0.2, 0.25) is 0 Å². The Kier molecular flexibility index (Phi) is 10.3. The Morgan fingerprint density at radius 1 is 1.19 bits per heavy atom. The van der Waals surface area contributed by atoms with Gasteiger partial charge in [-0.05, 0) is 44.9 Å². The van der Waals surface area contributed by atoms with Crippen molar-refractivity contribution in [1.82, 2.24) is 15.5 Å². The molecule has 0 aliphatic carbocycles. The molecule has 0 amide bonds. The van der Waals surface area contributed by atoms with E-state index in [-0.39, 0.29) is 0 Å². The molecule has 0 unspecified atom stereocenters. The maximum atomic E-state index is 5.92. The molecule has 2 heterocycles. The molecule has 6 nitrogen and oxygen atoms in total. The first kappa shape index (κ1) is 21.5. The van der Waals surface area contributed by atoms with Crippen LogP contribution >= 0.6 is 0 Å². The molecule has 0 radical (unpaired) electrons. The summed E-state index contributed by atoms with van der Waals surface area (Å²) in [6.07, 6.45) is 5.82. The smallest absolute Gasteiger partial charge is 0.191 e. The highest BCUT2D eigenvalue weighted by atomic mass is 16.5. The Bertz CT molecular complexity index is 389. The number of rotatable bonds is 9. The molecule has 0 aromatic rings. The van der Waals surface area contributed by atoms with Crippen molar-refractivity contribution < 1.29 is 9.47 Å². The van der Waals surface area contributed by atoms with Crippen molar-refractivity contribution in [1.29, 1.82) is 0 Å². The quantitative estimate of drug-likeness (QED) is 0.371. The molecule has 2 aliphatic heterocycles. The van der Waals surface area contributed by atoms with E-state index >= 15 is 0 Å². The average Bonchev–Trinajstić information content (AvgIpc) is 2.63. The van der Waals surface area contributed by atoms with Crippen LogP contribution in [0.5, 0.6) is 0 Å². The minimum atomic E-state index is 0.384. The molecule has 0 bridgehead atoms. The fourth-order valence-electron chi connectivity index (χ4n) is 3.64. The number of piperidine rings is 1. The predicted octanol–water partition coefficient (Wildman–Crippen LogP) is 2.25. The van der Waals surface area contributed by atoms with E-state index < -0.39 is 0 Å². The van der Waals surface area contributed by atoms with Crippen molar-refractivity contribution in [3.8, 4) is 0 Å². The van der Waals surface area contributed by atoms with Crippen molar-refractivity contribution >= 4 is 5.96 Å². The van der Waals surface area contributed by atoms with Gasteiger partial charge in [-0.3, -0.25) is 4.99 Å². The summed E-state index contributed by atoms with van der Waals surface area (Å²) in [5.41, 5.74) is 0. The summed E-state index contributed by atoms with van der Waals surface area (Å²) in [5, 5.41) is 7.01. The Hall–Kier alpha value is -0.850.